The molecule has 0 fully saturated rings. The van der Waals surface area contributed by atoms with Gasteiger partial charge in [0.15, 0.2) is 0 Å². The third-order valence-corrected chi connectivity index (χ3v) is 2.61. The molecule has 5 heteroatoms. The standard InChI is InChI=1S/C9H9N3S2/c1-2-8-10-7(5-9(13)11-8)6-3-4-14-12-6/h3-5H,2H2,1H3,(H,10,11,13). The van der Waals surface area contributed by atoms with Gasteiger partial charge in [-0.2, -0.15) is 4.37 Å². The lowest BCUT2D eigenvalue weighted by molar-refractivity contribution is 0.935. The molecule has 0 bridgehead atoms. The number of aryl methyl sites for hydroxylation is 1. The second kappa shape index (κ2) is 3.98. The van der Waals surface area contributed by atoms with Crippen LogP contribution < -0.4 is 0 Å². The fourth-order valence-electron chi connectivity index (χ4n) is 1.17. The number of nitrogens with zero attached hydrogens (tertiary/aromatic N) is 2. The number of rotatable bonds is 2. The summed E-state index contributed by atoms with van der Waals surface area (Å²) in [7, 11) is 0. The van der Waals surface area contributed by atoms with Crippen LogP contribution in [0.4, 0.5) is 0 Å². The second-order valence-corrected chi connectivity index (χ2v) is 3.90. The number of hydrogen-bond acceptors (Lipinski definition) is 4. The summed E-state index contributed by atoms with van der Waals surface area (Å²) in [5.41, 5.74) is 1.88. The van der Waals surface area contributed by atoms with E-state index in [9.17, 15) is 0 Å². The van der Waals surface area contributed by atoms with E-state index in [0.717, 1.165) is 23.6 Å². The Morgan fingerprint density at radius 1 is 1.57 bits per heavy atom. The molecule has 0 aromatic carbocycles. The van der Waals surface area contributed by atoms with Gasteiger partial charge in [-0.15, -0.1) is 0 Å². The minimum Gasteiger partial charge on any atom is -0.342 e. The highest BCUT2D eigenvalue weighted by molar-refractivity contribution is 7.71. The maximum Gasteiger partial charge on any atom is 0.130 e. The van der Waals surface area contributed by atoms with Crippen LogP contribution in [-0.4, -0.2) is 14.3 Å². The van der Waals surface area contributed by atoms with Crippen molar-refractivity contribution in [3.05, 3.63) is 28.0 Å². The lowest BCUT2D eigenvalue weighted by Crippen LogP contribution is -1.95. The van der Waals surface area contributed by atoms with Gasteiger partial charge in [-0.05, 0) is 17.6 Å². The predicted molar refractivity (Wildman–Crippen MR) is 59.9 cm³/mol. The molecule has 3 nitrogen and oxygen atoms in total. The summed E-state index contributed by atoms with van der Waals surface area (Å²) in [6.45, 7) is 2.04. The Hall–Kier alpha value is -1.07. The van der Waals surface area contributed by atoms with Crippen LogP contribution in [0.5, 0.6) is 0 Å². The highest BCUT2D eigenvalue weighted by atomic mass is 32.1. The quantitative estimate of drug-likeness (QED) is 0.796. The van der Waals surface area contributed by atoms with E-state index in [1.807, 2.05) is 24.4 Å². The third kappa shape index (κ3) is 1.88. The van der Waals surface area contributed by atoms with E-state index in [2.05, 4.69) is 14.3 Å². The van der Waals surface area contributed by atoms with Crippen LogP contribution in [0.25, 0.3) is 11.4 Å². The third-order valence-electron chi connectivity index (χ3n) is 1.84. The van der Waals surface area contributed by atoms with Crippen molar-refractivity contribution in [2.24, 2.45) is 0 Å². The van der Waals surface area contributed by atoms with Crippen molar-refractivity contribution in [3.8, 4) is 11.4 Å². The van der Waals surface area contributed by atoms with E-state index in [1.165, 1.54) is 11.5 Å². The first-order valence-corrected chi connectivity index (χ1v) is 5.55. The molecule has 0 saturated carbocycles. The average Bonchev–Trinajstić information content (AvgIpc) is 2.69. The van der Waals surface area contributed by atoms with Crippen LogP contribution in [0.3, 0.4) is 0 Å². The second-order valence-electron chi connectivity index (χ2n) is 2.82. The molecule has 0 unspecified atom stereocenters. The van der Waals surface area contributed by atoms with E-state index in [1.54, 1.807) is 0 Å². The summed E-state index contributed by atoms with van der Waals surface area (Å²) < 4.78 is 4.85. The number of aromatic nitrogens is 3. The summed E-state index contributed by atoms with van der Waals surface area (Å²) in [4.78, 5) is 7.40. The Bertz CT molecular complexity index is 473. The van der Waals surface area contributed by atoms with Gasteiger partial charge >= 0.3 is 0 Å². The SMILES string of the molecule is CCc1nc(=S)cc(-c2ccsn2)[nH]1. The van der Waals surface area contributed by atoms with Gasteiger partial charge in [-0.25, -0.2) is 4.98 Å². The van der Waals surface area contributed by atoms with Crippen LogP contribution in [-0.2, 0) is 6.42 Å². The van der Waals surface area contributed by atoms with Crippen molar-refractivity contribution >= 4 is 23.8 Å². The first-order chi connectivity index (χ1) is 6.79. The normalized spacial score (nSPS) is 10.4. The molecular formula is C9H9N3S2. The molecule has 2 aromatic heterocycles. The van der Waals surface area contributed by atoms with Gasteiger partial charge in [0.1, 0.15) is 16.2 Å². The molecule has 0 atom stereocenters. The fraction of sp³-hybridized carbons (Fsp3) is 0.222. The van der Waals surface area contributed by atoms with Crippen LogP contribution >= 0.6 is 23.8 Å². The van der Waals surface area contributed by atoms with Gasteiger partial charge in [-0.1, -0.05) is 19.1 Å². The van der Waals surface area contributed by atoms with Crippen molar-refractivity contribution in [1.82, 2.24) is 14.3 Å². The molecule has 0 aliphatic heterocycles. The molecule has 2 heterocycles. The van der Waals surface area contributed by atoms with Gasteiger partial charge in [0.25, 0.3) is 0 Å². The summed E-state index contributed by atoms with van der Waals surface area (Å²) in [6, 6.07) is 3.80. The van der Waals surface area contributed by atoms with E-state index in [4.69, 9.17) is 12.2 Å². The number of H-pyrrole nitrogens is 1. The van der Waals surface area contributed by atoms with E-state index in [0.29, 0.717) is 4.64 Å². The summed E-state index contributed by atoms with van der Waals surface area (Å²) in [5.74, 6) is 0.903. The summed E-state index contributed by atoms with van der Waals surface area (Å²) >= 11 is 6.50. The topological polar surface area (TPSA) is 41.6 Å². The van der Waals surface area contributed by atoms with Crippen LogP contribution in [0.2, 0.25) is 0 Å². The highest BCUT2D eigenvalue weighted by Gasteiger charge is 2.01. The zero-order valence-corrected chi connectivity index (χ0v) is 9.28. The zero-order chi connectivity index (χ0) is 9.97. The lowest BCUT2D eigenvalue weighted by atomic mass is 10.3. The average molecular weight is 223 g/mol. The molecule has 0 spiro atoms. The van der Waals surface area contributed by atoms with Crippen molar-refractivity contribution in [3.63, 3.8) is 0 Å². The molecule has 0 aliphatic rings. The van der Waals surface area contributed by atoms with E-state index in [-0.39, 0.29) is 0 Å². The van der Waals surface area contributed by atoms with Gasteiger partial charge in [0, 0.05) is 17.9 Å². The van der Waals surface area contributed by atoms with Crippen LogP contribution in [0.1, 0.15) is 12.7 Å². The molecule has 72 valence electrons. The zero-order valence-electron chi connectivity index (χ0n) is 7.65. The van der Waals surface area contributed by atoms with E-state index < -0.39 is 0 Å². The van der Waals surface area contributed by atoms with Crippen molar-refractivity contribution < 1.29 is 0 Å². The molecule has 2 rings (SSSR count). The van der Waals surface area contributed by atoms with Crippen molar-refractivity contribution in [2.45, 2.75) is 13.3 Å². The highest BCUT2D eigenvalue weighted by Crippen LogP contribution is 2.15. The molecule has 2 aromatic rings. The fourth-order valence-corrected chi connectivity index (χ4v) is 1.92. The molecule has 1 N–H and O–H groups in total. The number of nitrogens with one attached hydrogen (secondary N) is 1. The maximum absolute atomic E-state index is 5.07. The van der Waals surface area contributed by atoms with E-state index >= 15 is 0 Å². The molecule has 0 saturated heterocycles. The monoisotopic (exact) mass is 223 g/mol. The molecule has 0 aliphatic carbocycles. The Morgan fingerprint density at radius 3 is 3.07 bits per heavy atom. The van der Waals surface area contributed by atoms with Crippen molar-refractivity contribution in [2.75, 3.05) is 0 Å². The first-order valence-electron chi connectivity index (χ1n) is 4.30. The van der Waals surface area contributed by atoms with Gasteiger partial charge in [0.05, 0.1) is 5.69 Å². The van der Waals surface area contributed by atoms with Crippen molar-refractivity contribution in [1.29, 1.82) is 0 Å². The Balaban J connectivity index is 2.54. The molecule has 14 heavy (non-hydrogen) atoms. The predicted octanol–water partition coefficient (Wildman–Crippen LogP) is 2.83. The molecular weight excluding hydrogens is 214 g/mol. The van der Waals surface area contributed by atoms with Gasteiger partial charge < -0.3 is 4.98 Å². The van der Waals surface area contributed by atoms with Gasteiger partial charge in [-0.3, -0.25) is 0 Å². The maximum atomic E-state index is 5.07. The van der Waals surface area contributed by atoms with Crippen LogP contribution in [0, 0.1) is 4.64 Å². The van der Waals surface area contributed by atoms with Crippen LogP contribution in [0.15, 0.2) is 17.5 Å². The molecule has 0 radical (unpaired) electrons. The first kappa shape index (κ1) is 9.48. The smallest absolute Gasteiger partial charge is 0.130 e. The Morgan fingerprint density at radius 2 is 2.43 bits per heavy atom. The number of hydrogen-bond donors (Lipinski definition) is 1. The molecule has 0 amide bonds. The Kier molecular flexibility index (Phi) is 2.69. The minimum absolute atomic E-state index is 0.614. The summed E-state index contributed by atoms with van der Waals surface area (Å²) in [6.07, 6.45) is 0.849. The minimum atomic E-state index is 0.614. The summed E-state index contributed by atoms with van der Waals surface area (Å²) in [5, 5.41) is 1.94. The largest absolute Gasteiger partial charge is 0.342 e. The number of aromatic amines is 1. The Labute approximate surface area is 91.0 Å². The van der Waals surface area contributed by atoms with Gasteiger partial charge in [0.2, 0.25) is 0 Å². The lowest BCUT2D eigenvalue weighted by Gasteiger charge is -2.00.